The molecule has 16 heteroatoms. The van der Waals surface area contributed by atoms with Gasteiger partial charge >= 0.3 is 6.36 Å². The minimum atomic E-state index is -4.78. The molecule has 0 radical (unpaired) electrons. The Hall–Kier alpha value is -5.87. The number of piperazine rings is 2. The summed E-state index contributed by atoms with van der Waals surface area (Å²) in [6, 6.07) is 18.4. The molecule has 4 aromatic heterocycles. The first-order chi connectivity index (χ1) is 25.5. The second kappa shape index (κ2) is 15.0. The van der Waals surface area contributed by atoms with Crippen LogP contribution in [0.3, 0.4) is 0 Å². The van der Waals surface area contributed by atoms with E-state index in [9.17, 15) is 31.5 Å². The van der Waals surface area contributed by atoms with E-state index >= 15 is 0 Å². The first kappa shape index (κ1) is 35.5. The molecule has 0 spiro atoms. The molecule has 6 heterocycles. The molecule has 0 saturated carbocycles. The zero-order valence-electron chi connectivity index (χ0n) is 28.1. The van der Waals surface area contributed by atoms with Gasteiger partial charge in [-0.25, -0.2) is 18.7 Å². The molecule has 8 rings (SSSR count). The van der Waals surface area contributed by atoms with Gasteiger partial charge in [0.1, 0.15) is 28.7 Å². The Morgan fingerprint density at radius 3 is 1.58 bits per heavy atom. The Balaban J connectivity index is 0.000000165. The molecule has 2 aromatic carbocycles. The quantitative estimate of drug-likeness (QED) is 0.244. The summed E-state index contributed by atoms with van der Waals surface area (Å²) in [5.74, 6) is -1.77. The molecule has 274 valence electrons. The third-order valence-electron chi connectivity index (χ3n) is 8.77. The molecule has 2 aliphatic heterocycles. The highest BCUT2D eigenvalue weighted by molar-refractivity contribution is 5.65. The number of anilines is 2. The standard InChI is InChI=1S/C19H17F3N4O2.C18H16F2N4O/c20-19(21,22)28-15-3-1-2-13(10-15)16-11-18(27)26-12-14(4-5-17(26)24-16)25-8-6-23-7-9-25;19-13-7-12(8-14(20)9-13)16-10-18(25)24-11-15(1-2-17(24)22-16)23-5-3-21-4-6-23/h1-5,10-12,23H,6-9H2;1-2,7-11,21H,3-6H2. The van der Waals surface area contributed by atoms with Crippen LogP contribution in [-0.2, 0) is 0 Å². The minimum absolute atomic E-state index is 0.239. The Kier molecular flexibility index (Phi) is 10.1. The van der Waals surface area contributed by atoms with Crippen molar-refractivity contribution in [2.24, 2.45) is 0 Å². The van der Waals surface area contributed by atoms with Crippen molar-refractivity contribution in [2.45, 2.75) is 6.36 Å². The summed E-state index contributed by atoms with van der Waals surface area (Å²) in [4.78, 5) is 38.3. The molecule has 53 heavy (non-hydrogen) atoms. The van der Waals surface area contributed by atoms with Crippen LogP contribution in [0.1, 0.15) is 0 Å². The van der Waals surface area contributed by atoms with Crippen LogP contribution in [0.25, 0.3) is 33.8 Å². The zero-order valence-corrected chi connectivity index (χ0v) is 28.1. The van der Waals surface area contributed by atoms with Crippen molar-refractivity contribution in [1.82, 2.24) is 29.4 Å². The maximum atomic E-state index is 13.4. The van der Waals surface area contributed by atoms with E-state index in [1.165, 1.54) is 39.1 Å². The number of alkyl halides is 3. The number of hydrogen-bond donors (Lipinski definition) is 2. The summed E-state index contributed by atoms with van der Waals surface area (Å²) >= 11 is 0. The van der Waals surface area contributed by atoms with Gasteiger partial charge < -0.3 is 25.2 Å². The van der Waals surface area contributed by atoms with E-state index in [1.54, 1.807) is 30.6 Å². The van der Waals surface area contributed by atoms with Crippen molar-refractivity contribution in [3.63, 3.8) is 0 Å². The van der Waals surface area contributed by atoms with E-state index in [0.717, 1.165) is 81.9 Å². The van der Waals surface area contributed by atoms with Gasteiger partial charge in [0.25, 0.3) is 11.1 Å². The van der Waals surface area contributed by atoms with Gasteiger partial charge in [-0.05, 0) is 48.5 Å². The lowest BCUT2D eigenvalue weighted by Gasteiger charge is -2.29. The smallest absolute Gasteiger partial charge is 0.406 e. The number of benzene rings is 2. The predicted molar refractivity (Wildman–Crippen MR) is 191 cm³/mol. The number of halogens is 5. The summed E-state index contributed by atoms with van der Waals surface area (Å²) in [6.45, 7) is 6.98. The van der Waals surface area contributed by atoms with Gasteiger partial charge in [-0.1, -0.05) is 12.1 Å². The molecule has 6 aromatic rings. The fourth-order valence-electron chi connectivity index (χ4n) is 6.25. The van der Waals surface area contributed by atoms with Crippen LogP contribution in [0.4, 0.5) is 33.3 Å². The van der Waals surface area contributed by atoms with Crippen molar-refractivity contribution in [1.29, 1.82) is 0 Å². The fourth-order valence-corrected chi connectivity index (χ4v) is 6.25. The Labute approximate surface area is 298 Å². The molecular formula is C37H33F5N8O3. The number of aromatic nitrogens is 4. The number of hydrogen-bond acceptors (Lipinski definition) is 9. The van der Waals surface area contributed by atoms with Gasteiger partial charge in [0, 0.05) is 94.1 Å². The highest BCUT2D eigenvalue weighted by atomic mass is 19.4. The lowest BCUT2D eigenvalue weighted by atomic mass is 10.1. The van der Waals surface area contributed by atoms with Crippen LogP contribution in [-0.4, -0.2) is 77.5 Å². The number of pyridine rings is 2. The van der Waals surface area contributed by atoms with Crippen molar-refractivity contribution in [3.8, 4) is 28.3 Å². The molecule has 2 saturated heterocycles. The normalized spacial score (nSPS) is 15.0. The Morgan fingerprint density at radius 1 is 0.604 bits per heavy atom. The van der Waals surface area contributed by atoms with Crippen LogP contribution in [0, 0.1) is 11.6 Å². The molecule has 0 aliphatic carbocycles. The fraction of sp³-hybridized carbons (Fsp3) is 0.243. The first-order valence-electron chi connectivity index (χ1n) is 16.8. The second-order valence-electron chi connectivity index (χ2n) is 12.4. The number of nitrogens with zero attached hydrogens (tertiary/aromatic N) is 6. The summed E-state index contributed by atoms with van der Waals surface area (Å²) < 4.78 is 71.0. The highest BCUT2D eigenvalue weighted by Crippen LogP contribution is 2.27. The topological polar surface area (TPSA) is 109 Å². The summed E-state index contributed by atoms with van der Waals surface area (Å²) in [5, 5.41) is 6.56. The SMILES string of the molecule is O=c1cc(-c2cc(F)cc(F)c2)nc2ccc(N3CCNCC3)cn12.O=c1cc(-c2cccc(OC(F)(F)F)c2)nc2ccc(N3CCNCC3)cn12. The molecule has 0 bridgehead atoms. The van der Waals surface area contributed by atoms with Crippen molar-refractivity contribution >= 4 is 22.7 Å². The monoisotopic (exact) mass is 732 g/mol. The van der Waals surface area contributed by atoms with Gasteiger partial charge in [0.05, 0.1) is 22.8 Å². The lowest BCUT2D eigenvalue weighted by Crippen LogP contribution is -2.43. The van der Waals surface area contributed by atoms with E-state index in [1.807, 2.05) is 12.1 Å². The van der Waals surface area contributed by atoms with Gasteiger partial charge in [-0.2, -0.15) is 0 Å². The Bertz CT molecular complexity index is 2370. The Morgan fingerprint density at radius 2 is 1.09 bits per heavy atom. The summed E-state index contributed by atoms with van der Waals surface area (Å²) in [5.41, 5.74) is 3.27. The van der Waals surface area contributed by atoms with Crippen LogP contribution >= 0.6 is 0 Å². The number of nitrogens with one attached hydrogen (secondary N) is 2. The average Bonchev–Trinajstić information content (AvgIpc) is 3.14. The third-order valence-corrected chi connectivity index (χ3v) is 8.77. The second-order valence-corrected chi connectivity index (χ2v) is 12.4. The van der Waals surface area contributed by atoms with Gasteiger partial charge in [0.15, 0.2) is 0 Å². The van der Waals surface area contributed by atoms with E-state index in [-0.39, 0.29) is 33.8 Å². The van der Waals surface area contributed by atoms with Crippen LogP contribution in [0.15, 0.2) is 101 Å². The maximum Gasteiger partial charge on any atom is 0.573 e. The van der Waals surface area contributed by atoms with Crippen LogP contribution in [0.2, 0.25) is 0 Å². The maximum absolute atomic E-state index is 13.4. The highest BCUT2D eigenvalue weighted by Gasteiger charge is 2.31. The van der Waals surface area contributed by atoms with Crippen LogP contribution in [0.5, 0.6) is 5.75 Å². The molecule has 0 atom stereocenters. The van der Waals surface area contributed by atoms with E-state index in [4.69, 9.17) is 0 Å². The first-order valence-corrected chi connectivity index (χ1v) is 16.8. The minimum Gasteiger partial charge on any atom is -0.406 e. The van der Waals surface area contributed by atoms with Crippen molar-refractivity contribution < 1.29 is 26.7 Å². The van der Waals surface area contributed by atoms with Gasteiger partial charge in [-0.3, -0.25) is 18.4 Å². The molecule has 2 fully saturated rings. The largest absolute Gasteiger partial charge is 0.573 e. The van der Waals surface area contributed by atoms with Crippen molar-refractivity contribution in [3.05, 3.63) is 124 Å². The number of rotatable bonds is 5. The van der Waals surface area contributed by atoms with Crippen molar-refractivity contribution in [2.75, 3.05) is 62.2 Å². The van der Waals surface area contributed by atoms with E-state index in [2.05, 4.69) is 35.1 Å². The average molecular weight is 733 g/mol. The number of fused-ring (bicyclic) bond motifs is 2. The zero-order chi connectivity index (χ0) is 37.1. The van der Waals surface area contributed by atoms with Gasteiger partial charge in [-0.15, -0.1) is 13.2 Å². The molecule has 11 nitrogen and oxygen atoms in total. The molecule has 2 N–H and O–H groups in total. The molecule has 0 unspecified atom stereocenters. The summed E-state index contributed by atoms with van der Waals surface area (Å²) in [6.07, 6.45) is -1.29. The lowest BCUT2D eigenvalue weighted by molar-refractivity contribution is -0.274. The van der Waals surface area contributed by atoms with E-state index in [0.29, 0.717) is 16.9 Å². The third kappa shape index (κ3) is 8.45. The predicted octanol–water partition coefficient (Wildman–Crippen LogP) is 4.72. The van der Waals surface area contributed by atoms with Gasteiger partial charge in [0.2, 0.25) is 0 Å². The molecular weight excluding hydrogens is 699 g/mol. The number of ether oxygens (including phenoxy) is 1. The van der Waals surface area contributed by atoms with E-state index < -0.39 is 18.0 Å². The summed E-state index contributed by atoms with van der Waals surface area (Å²) in [7, 11) is 0. The van der Waals surface area contributed by atoms with Crippen LogP contribution < -0.4 is 36.3 Å². The molecule has 2 aliphatic rings. The molecule has 0 amide bonds.